The van der Waals surface area contributed by atoms with E-state index in [1.54, 1.807) is 27.7 Å². The molecule has 1 aromatic carbocycles. The van der Waals surface area contributed by atoms with Crippen LogP contribution in [0.5, 0.6) is 5.75 Å². The monoisotopic (exact) mass is 345 g/mol. The third kappa shape index (κ3) is 2.94. The fourth-order valence-corrected chi connectivity index (χ4v) is 3.23. The van der Waals surface area contributed by atoms with Crippen molar-refractivity contribution in [3.05, 3.63) is 28.8 Å². The summed E-state index contributed by atoms with van der Waals surface area (Å²) in [5.74, 6) is -8.33. The Hall–Kier alpha value is -1.85. The summed E-state index contributed by atoms with van der Waals surface area (Å²) in [5, 5.41) is 21.7. The molecule has 1 aliphatic heterocycles. The number of halogens is 4. The smallest absolute Gasteiger partial charge is 0.205 e. The summed E-state index contributed by atoms with van der Waals surface area (Å²) in [6.07, 6.45) is -0.597. The highest BCUT2D eigenvalue weighted by molar-refractivity contribution is 5.40. The average molecular weight is 345 g/mol. The van der Waals surface area contributed by atoms with Crippen LogP contribution in [0.2, 0.25) is 0 Å². The second-order valence-electron chi connectivity index (χ2n) is 7.14. The van der Waals surface area contributed by atoms with Crippen LogP contribution in [0.1, 0.15) is 46.1 Å². The molecular weight excluding hydrogens is 328 g/mol. The van der Waals surface area contributed by atoms with Gasteiger partial charge in [-0.2, -0.15) is 14.0 Å². The van der Waals surface area contributed by atoms with E-state index in [1.807, 2.05) is 0 Å². The van der Waals surface area contributed by atoms with Crippen molar-refractivity contribution in [2.24, 2.45) is 0 Å². The lowest BCUT2D eigenvalue weighted by molar-refractivity contribution is -0.296. The molecule has 4 nitrogen and oxygen atoms in total. The Morgan fingerprint density at radius 1 is 1.00 bits per heavy atom. The van der Waals surface area contributed by atoms with E-state index in [0.29, 0.717) is 0 Å². The van der Waals surface area contributed by atoms with E-state index >= 15 is 0 Å². The van der Waals surface area contributed by atoms with Crippen molar-refractivity contribution in [2.45, 2.75) is 57.7 Å². The number of rotatable bonds is 2. The van der Waals surface area contributed by atoms with Gasteiger partial charge in [-0.1, -0.05) is 0 Å². The zero-order chi connectivity index (χ0) is 18.4. The number of nitrogens with zero attached hydrogens (tertiary/aromatic N) is 2. The van der Waals surface area contributed by atoms with Crippen LogP contribution in [0, 0.1) is 34.6 Å². The van der Waals surface area contributed by atoms with Crippen molar-refractivity contribution in [2.75, 3.05) is 0 Å². The standard InChI is InChI=1S/C16H17F4N2O2/c1-15(2)5-8(6-16(3,4)22(15)23)24-14-12(19)10(17)9(7-21)11(18)13(14)20/h8H,5-6H2,1-4H3. The van der Waals surface area contributed by atoms with Gasteiger partial charge in [0.05, 0.1) is 0 Å². The first-order valence-corrected chi connectivity index (χ1v) is 7.32. The van der Waals surface area contributed by atoms with Crippen molar-refractivity contribution in [1.82, 2.24) is 5.06 Å². The van der Waals surface area contributed by atoms with E-state index in [2.05, 4.69) is 0 Å². The highest BCUT2D eigenvalue weighted by atomic mass is 19.2. The van der Waals surface area contributed by atoms with Crippen LogP contribution < -0.4 is 4.74 Å². The first-order chi connectivity index (χ1) is 10.9. The lowest BCUT2D eigenvalue weighted by Crippen LogP contribution is -2.60. The van der Waals surface area contributed by atoms with E-state index in [0.717, 1.165) is 11.1 Å². The molecule has 0 saturated carbocycles. The van der Waals surface area contributed by atoms with Gasteiger partial charge >= 0.3 is 0 Å². The number of hydrogen-bond donors (Lipinski definition) is 0. The number of nitriles is 1. The summed E-state index contributed by atoms with van der Waals surface area (Å²) in [7, 11) is 0. The Bertz CT molecular complexity index is 666. The highest BCUT2D eigenvalue weighted by Gasteiger charge is 2.47. The van der Waals surface area contributed by atoms with Gasteiger partial charge < -0.3 is 4.74 Å². The predicted octanol–water partition coefficient (Wildman–Crippen LogP) is 3.86. The highest BCUT2D eigenvalue weighted by Crippen LogP contribution is 2.40. The molecule has 1 radical (unpaired) electrons. The van der Waals surface area contributed by atoms with Gasteiger partial charge in [0.2, 0.25) is 11.6 Å². The van der Waals surface area contributed by atoms with Crippen LogP contribution in [-0.4, -0.2) is 22.2 Å². The zero-order valence-electron chi connectivity index (χ0n) is 13.7. The van der Waals surface area contributed by atoms with Gasteiger partial charge in [0.25, 0.3) is 0 Å². The molecule has 1 fully saturated rings. The molecule has 1 aliphatic rings. The second kappa shape index (κ2) is 5.90. The molecular formula is C16H17F4N2O2. The first-order valence-electron chi connectivity index (χ1n) is 7.32. The van der Waals surface area contributed by atoms with E-state index in [9.17, 15) is 22.8 Å². The minimum absolute atomic E-state index is 0.113. The van der Waals surface area contributed by atoms with Gasteiger partial charge in [0.15, 0.2) is 17.4 Å². The van der Waals surface area contributed by atoms with Crippen LogP contribution in [0.4, 0.5) is 17.6 Å². The minimum Gasteiger partial charge on any atom is -0.484 e. The summed E-state index contributed by atoms with van der Waals surface area (Å²) in [6.45, 7) is 6.57. The Morgan fingerprint density at radius 2 is 1.42 bits per heavy atom. The Morgan fingerprint density at radius 3 is 1.79 bits per heavy atom. The lowest BCUT2D eigenvalue weighted by Gasteiger charge is -2.49. The zero-order valence-corrected chi connectivity index (χ0v) is 13.7. The maximum atomic E-state index is 14.0. The van der Waals surface area contributed by atoms with Crippen molar-refractivity contribution < 1.29 is 27.5 Å². The molecule has 1 aromatic rings. The fourth-order valence-electron chi connectivity index (χ4n) is 3.23. The molecule has 0 N–H and O–H groups in total. The lowest BCUT2D eigenvalue weighted by atomic mass is 9.80. The molecule has 2 rings (SSSR count). The average Bonchev–Trinajstić information content (AvgIpc) is 2.47. The second-order valence-corrected chi connectivity index (χ2v) is 7.14. The van der Waals surface area contributed by atoms with Gasteiger partial charge in [-0.15, -0.1) is 10.3 Å². The largest absolute Gasteiger partial charge is 0.484 e. The van der Waals surface area contributed by atoms with E-state index < -0.39 is 51.8 Å². The Kier molecular flexibility index (Phi) is 4.55. The normalized spacial score (nSPS) is 20.7. The van der Waals surface area contributed by atoms with E-state index in [1.165, 1.54) is 0 Å². The fraction of sp³-hybridized carbons (Fsp3) is 0.562. The molecule has 0 atom stereocenters. The van der Waals surface area contributed by atoms with Crippen molar-refractivity contribution in [1.29, 1.82) is 5.26 Å². The van der Waals surface area contributed by atoms with Crippen LogP contribution in [-0.2, 0) is 5.21 Å². The molecule has 24 heavy (non-hydrogen) atoms. The summed E-state index contributed by atoms with van der Waals surface area (Å²) < 4.78 is 60.5. The van der Waals surface area contributed by atoms with Crippen LogP contribution in [0.3, 0.4) is 0 Å². The van der Waals surface area contributed by atoms with Crippen molar-refractivity contribution in [3.8, 4) is 11.8 Å². The SMILES string of the molecule is CC1(C)CC(Oc2c(F)c(F)c(C#N)c(F)c2F)CC(C)(C)N1[O]. The number of ether oxygens (including phenoxy) is 1. The minimum atomic E-state index is -1.80. The van der Waals surface area contributed by atoms with Crippen molar-refractivity contribution in [3.63, 3.8) is 0 Å². The first kappa shape index (κ1) is 18.5. The Labute approximate surface area is 137 Å². The molecule has 1 heterocycles. The molecule has 0 bridgehead atoms. The maximum Gasteiger partial charge on any atom is 0.205 e. The van der Waals surface area contributed by atoms with Gasteiger partial charge in [0, 0.05) is 23.9 Å². The predicted molar refractivity (Wildman–Crippen MR) is 75.3 cm³/mol. The molecule has 0 unspecified atom stereocenters. The summed E-state index contributed by atoms with van der Waals surface area (Å²) in [5.41, 5.74) is -3.11. The van der Waals surface area contributed by atoms with Gasteiger partial charge in [-0.3, -0.25) is 0 Å². The van der Waals surface area contributed by atoms with Crippen LogP contribution in [0.25, 0.3) is 0 Å². The quantitative estimate of drug-likeness (QED) is 0.604. The Balaban J connectivity index is 2.41. The molecule has 131 valence electrons. The van der Waals surface area contributed by atoms with Crippen molar-refractivity contribution >= 4 is 0 Å². The third-order valence-electron chi connectivity index (χ3n) is 4.17. The molecule has 0 aromatic heterocycles. The van der Waals surface area contributed by atoms with E-state index in [4.69, 9.17) is 10.00 Å². The maximum absolute atomic E-state index is 14.0. The number of benzene rings is 1. The molecule has 1 saturated heterocycles. The van der Waals surface area contributed by atoms with E-state index in [-0.39, 0.29) is 12.8 Å². The topological polar surface area (TPSA) is 56.2 Å². The van der Waals surface area contributed by atoms with Crippen LogP contribution in [0.15, 0.2) is 0 Å². The number of hydrogen-bond acceptors (Lipinski definition) is 3. The molecule has 8 heteroatoms. The summed E-state index contributed by atoms with van der Waals surface area (Å²) >= 11 is 0. The van der Waals surface area contributed by atoms with Crippen LogP contribution >= 0.6 is 0 Å². The number of piperidine rings is 1. The van der Waals surface area contributed by atoms with Gasteiger partial charge in [-0.25, -0.2) is 8.78 Å². The number of hydroxylamine groups is 2. The molecule has 0 spiro atoms. The third-order valence-corrected chi connectivity index (χ3v) is 4.17. The molecule has 0 amide bonds. The molecule has 0 aliphatic carbocycles. The summed E-state index contributed by atoms with van der Waals surface area (Å²) in [6, 6.07) is 1.07. The van der Waals surface area contributed by atoms with Gasteiger partial charge in [-0.05, 0) is 27.7 Å². The van der Waals surface area contributed by atoms with Gasteiger partial charge in [0.1, 0.15) is 17.7 Å². The summed E-state index contributed by atoms with van der Waals surface area (Å²) in [4.78, 5) is 0.